The number of rotatable bonds is 2. The van der Waals surface area contributed by atoms with Crippen molar-refractivity contribution in [3.05, 3.63) is 34.4 Å². The third-order valence-electron chi connectivity index (χ3n) is 2.51. The number of hydrogen-bond acceptors (Lipinski definition) is 6. The highest BCUT2D eigenvalue weighted by molar-refractivity contribution is 5.62. The smallest absolute Gasteiger partial charge is 0.363 e. The van der Waals surface area contributed by atoms with Gasteiger partial charge in [0.25, 0.3) is 0 Å². The Bertz CT molecular complexity index is 653. The third-order valence-corrected chi connectivity index (χ3v) is 2.51. The topological polar surface area (TPSA) is 89.1 Å². The van der Waals surface area contributed by atoms with E-state index in [2.05, 4.69) is 20.5 Å². The molecule has 2 N–H and O–H groups in total. The lowest BCUT2D eigenvalue weighted by atomic mass is 10.2. The number of aryl methyl sites for hydroxylation is 1. The van der Waals surface area contributed by atoms with E-state index in [9.17, 15) is 4.79 Å². The van der Waals surface area contributed by atoms with Crippen molar-refractivity contribution in [3.8, 4) is 11.5 Å². The maximum absolute atomic E-state index is 11.1. The first-order valence-corrected chi connectivity index (χ1v) is 5.32. The summed E-state index contributed by atoms with van der Waals surface area (Å²) in [5.74, 6) is 1.78. The van der Waals surface area contributed by atoms with Crippen LogP contribution in [0.4, 0.5) is 11.5 Å². The molecular weight excluding hydrogens is 236 g/mol. The van der Waals surface area contributed by atoms with Gasteiger partial charge in [0, 0.05) is 11.8 Å². The van der Waals surface area contributed by atoms with Crippen LogP contribution in [-0.4, -0.2) is 22.0 Å². The number of H-pyrrole nitrogens is 1. The Morgan fingerprint density at radius 1 is 1.33 bits per heavy atom. The van der Waals surface area contributed by atoms with Crippen molar-refractivity contribution in [2.45, 2.75) is 6.92 Å². The van der Waals surface area contributed by atoms with Crippen molar-refractivity contribution in [2.24, 2.45) is 0 Å². The van der Waals surface area contributed by atoms with Crippen LogP contribution in [0.15, 0.2) is 23.0 Å². The zero-order valence-corrected chi connectivity index (χ0v) is 9.56. The molecule has 2 aromatic rings. The minimum absolute atomic E-state index is 0.225. The third kappa shape index (κ3) is 1.86. The fourth-order valence-electron chi connectivity index (χ4n) is 1.62. The minimum atomic E-state index is -0.496. The summed E-state index contributed by atoms with van der Waals surface area (Å²) in [5, 5.41) is 9.11. The van der Waals surface area contributed by atoms with Crippen LogP contribution >= 0.6 is 0 Å². The second kappa shape index (κ2) is 4.02. The molecule has 0 spiro atoms. The van der Waals surface area contributed by atoms with E-state index in [0.29, 0.717) is 23.0 Å². The first-order chi connectivity index (χ1) is 8.72. The number of nitrogens with zero attached hydrogens (tertiary/aromatic N) is 2. The van der Waals surface area contributed by atoms with Crippen LogP contribution in [-0.2, 0) is 0 Å². The molecule has 1 aliphatic rings. The summed E-state index contributed by atoms with van der Waals surface area (Å²) in [4.78, 5) is 14.9. The van der Waals surface area contributed by atoms with Crippen LogP contribution in [0.3, 0.4) is 0 Å². The molecule has 0 saturated heterocycles. The van der Waals surface area contributed by atoms with Gasteiger partial charge in [-0.2, -0.15) is 10.1 Å². The highest BCUT2D eigenvalue weighted by Crippen LogP contribution is 2.34. The Hall–Kier alpha value is -2.57. The second-order valence-corrected chi connectivity index (χ2v) is 3.77. The fraction of sp³-hybridized carbons (Fsp3) is 0.182. The van der Waals surface area contributed by atoms with Gasteiger partial charge in [0.15, 0.2) is 17.3 Å². The molecule has 0 saturated carbocycles. The first kappa shape index (κ1) is 10.6. The molecule has 0 aliphatic carbocycles. The Kier molecular flexibility index (Phi) is 2.36. The lowest BCUT2D eigenvalue weighted by Gasteiger charge is -2.07. The van der Waals surface area contributed by atoms with Crippen LogP contribution in [0.25, 0.3) is 0 Å². The number of fused-ring (bicyclic) bond motifs is 1. The zero-order valence-electron chi connectivity index (χ0n) is 9.56. The van der Waals surface area contributed by atoms with Gasteiger partial charge in [0.05, 0.1) is 0 Å². The predicted molar refractivity (Wildman–Crippen MR) is 63.2 cm³/mol. The van der Waals surface area contributed by atoms with Crippen LogP contribution in [0.2, 0.25) is 0 Å². The monoisotopic (exact) mass is 246 g/mol. The molecule has 2 heterocycles. The molecule has 18 heavy (non-hydrogen) atoms. The Morgan fingerprint density at radius 3 is 3.06 bits per heavy atom. The number of hydrogen-bond donors (Lipinski definition) is 2. The zero-order chi connectivity index (χ0) is 12.5. The molecule has 0 radical (unpaired) electrons. The Labute approximate surface area is 102 Å². The molecule has 3 rings (SSSR count). The van der Waals surface area contributed by atoms with Gasteiger partial charge in [-0.15, -0.1) is 0 Å². The molecule has 7 heteroatoms. The van der Waals surface area contributed by atoms with Crippen molar-refractivity contribution >= 4 is 11.5 Å². The summed E-state index contributed by atoms with van der Waals surface area (Å²) in [6.45, 7) is 1.97. The van der Waals surface area contributed by atoms with Gasteiger partial charge in [-0.1, -0.05) is 0 Å². The van der Waals surface area contributed by atoms with Gasteiger partial charge >= 0.3 is 5.69 Å². The van der Waals surface area contributed by atoms with E-state index in [1.807, 2.05) is 6.07 Å². The summed E-state index contributed by atoms with van der Waals surface area (Å²) < 4.78 is 10.5. The lowest BCUT2D eigenvalue weighted by molar-refractivity contribution is 0.174. The summed E-state index contributed by atoms with van der Waals surface area (Å²) in [5.41, 5.74) is 0.860. The average Bonchev–Trinajstić information content (AvgIpc) is 2.81. The van der Waals surface area contributed by atoms with Crippen molar-refractivity contribution < 1.29 is 9.47 Å². The number of aromatic amines is 1. The van der Waals surface area contributed by atoms with E-state index < -0.39 is 5.69 Å². The normalized spacial score (nSPS) is 12.5. The molecule has 0 fully saturated rings. The van der Waals surface area contributed by atoms with Gasteiger partial charge in [0.1, 0.15) is 5.69 Å². The number of ether oxygens (including phenoxy) is 2. The maximum Gasteiger partial charge on any atom is 0.363 e. The minimum Gasteiger partial charge on any atom is -0.454 e. The van der Waals surface area contributed by atoms with E-state index in [1.165, 1.54) is 0 Å². The molecule has 0 amide bonds. The largest absolute Gasteiger partial charge is 0.454 e. The van der Waals surface area contributed by atoms with Crippen LogP contribution in [0, 0.1) is 6.92 Å². The molecule has 1 aromatic heterocycles. The van der Waals surface area contributed by atoms with Crippen LogP contribution < -0.4 is 20.5 Å². The fourth-order valence-corrected chi connectivity index (χ4v) is 1.62. The standard InChI is InChI=1S/C11H10N4O3/c1-6-10(13-11(16)15-14-6)12-7-2-3-8-9(4-7)18-5-17-8/h2-4H,5H2,1H3,(H2,12,13,15,16). The van der Waals surface area contributed by atoms with E-state index in [0.717, 1.165) is 5.69 Å². The van der Waals surface area contributed by atoms with Gasteiger partial charge in [-0.3, -0.25) is 0 Å². The number of anilines is 2. The van der Waals surface area contributed by atoms with Gasteiger partial charge in [-0.05, 0) is 19.1 Å². The number of nitrogens with one attached hydrogen (secondary N) is 2. The SMILES string of the molecule is Cc1n[nH]c(=O)nc1Nc1ccc2c(c1)OCO2. The molecular formula is C11H10N4O3. The number of benzene rings is 1. The predicted octanol–water partition coefficient (Wildman–Crippen LogP) is 0.946. The number of aromatic nitrogens is 3. The summed E-state index contributed by atoms with van der Waals surface area (Å²) in [6.07, 6.45) is 0. The van der Waals surface area contributed by atoms with Crippen LogP contribution in [0.1, 0.15) is 5.69 Å². The van der Waals surface area contributed by atoms with Crippen molar-refractivity contribution in [1.29, 1.82) is 0 Å². The van der Waals surface area contributed by atoms with Gasteiger partial charge in [-0.25, -0.2) is 9.89 Å². The Morgan fingerprint density at radius 2 is 2.17 bits per heavy atom. The molecule has 92 valence electrons. The summed E-state index contributed by atoms with van der Waals surface area (Å²) >= 11 is 0. The first-order valence-electron chi connectivity index (χ1n) is 5.32. The van der Waals surface area contributed by atoms with Crippen molar-refractivity contribution in [2.75, 3.05) is 12.1 Å². The van der Waals surface area contributed by atoms with E-state index in [-0.39, 0.29) is 6.79 Å². The van der Waals surface area contributed by atoms with E-state index >= 15 is 0 Å². The van der Waals surface area contributed by atoms with Crippen molar-refractivity contribution in [3.63, 3.8) is 0 Å². The molecule has 1 aliphatic heterocycles. The lowest BCUT2D eigenvalue weighted by Crippen LogP contribution is -2.15. The molecule has 0 atom stereocenters. The maximum atomic E-state index is 11.1. The van der Waals surface area contributed by atoms with Crippen molar-refractivity contribution in [1.82, 2.24) is 15.2 Å². The molecule has 0 unspecified atom stereocenters. The van der Waals surface area contributed by atoms with E-state index in [4.69, 9.17) is 9.47 Å². The van der Waals surface area contributed by atoms with Crippen LogP contribution in [0.5, 0.6) is 11.5 Å². The van der Waals surface area contributed by atoms with Gasteiger partial charge in [0.2, 0.25) is 6.79 Å². The quantitative estimate of drug-likeness (QED) is 0.819. The summed E-state index contributed by atoms with van der Waals surface area (Å²) in [7, 11) is 0. The average molecular weight is 246 g/mol. The molecule has 7 nitrogen and oxygen atoms in total. The van der Waals surface area contributed by atoms with Gasteiger partial charge < -0.3 is 14.8 Å². The van der Waals surface area contributed by atoms with E-state index in [1.54, 1.807) is 19.1 Å². The Balaban J connectivity index is 1.92. The highest BCUT2D eigenvalue weighted by Gasteiger charge is 2.13. The summed E-state index contributed by atoms with van der Waals surface area (Å²) in [6, 6.07) is 5.39. The second-order valence-electron chi connectivity index (χ2n) is 3.77. The highest BCUT2D eigenvalue weighted by atomic mass is 16.7. The molecule has 1 aromatic carbocycles. The molecule has 0 bridgehead atoms.